The molecule has 3 aliphatic heterocycles. The summed E-state index contributed by atoms with van der Waals surface area (Å²) in [6.07, 6.45) is 9.28. The molecular weight excluding hydrogens is 720 g/mol. The summed E-state index contributed by atoms with van der Waals surface area (Å²) in [7, 11) is -0.395. The molecule has 2 bridgehead atoms. The summed E-state index contributed by atoms with van der Waals surface area (Å²) in [5, 5.41) is 3.75. The number of aromatic nitrogens is 1. The van der Waals surface area contributed by atoms with Gasteiger partial charge < -0.3 is 37.6 Å². The molecule has 2 amide bonds. The number of hydrogen-bond donors (Lipinski definition) is 1. The van der Waals surface area contributed by atoms with Gasteiger partial charge in [0.05, 0.1) is 30.6 Å². The van der Waals surface area contributed by atoms with Crippen molar-refractivity contribution < 1.29 is 28.0 Å². The lowest BCUT2D eigenvalue weighted by Gasteiger charge is -2.44. The van der Waals surface area contributed by atoms with Crippen molar-refractivity contribution in [1.82, 2.24) is 9.88 Å². The van der Waals surface area contributed by atoms with Crippen LogP contribution in [-0.2, 0) is 50.4 Å². The fourth-order valence-electron chi connectivity index (χ4n) is 7.58. The number of halogens is 1. The SMILES string of the molecule is CO[C@H]1/C=C/C[C@H](C)[C@](C)(NC(=O)c2cc3n(c2)CCOC3)[S-](=O)=NC(=O)c2ccc3c(c2)N(Cc2ccc(Cl)cc2CCSCO3)C[C@@H]2CC[C@H]21. The first-order chi connectivity index (χ1) is 25.1. The molecule has 3 aromatic rings. The number of rotatable bonds is 3. The Hall–Kier alpha value is -3.29. The molecule has 0 spiro atoms. The van der Waals surface area contributed by atoms with E-state index in [0.717, 1.165) is 42.9 Å². The van der Waals surface area contributed by atoms with E-state index in [1.165, 1.54) is 11.1 Å². The highest BCUT2D eigenvalue weighted by atomic mass is 35.5. The second-order valence-corrected chi connectivity index (χ2v) is 17.4. The van der Waals surface area contributed by atoms with Crippen LogP contribution in [0, 0.1) is 17.8 Å². The Bertz CT molecular complexity index is 1920. The van der Waals surface area contributed by atoms with Crippen LogP contribution in [0.25, 0.3) is 0 Å². The van der Waals surface area contributed by atoms with Gasteiger partial charge in [0, 0.05) is 59.8 Å². The van der Waals surface area contributed by atoms with Crippen molar-refractivity contribution in [2.24, 2.45) is 22.1 Å². The molecule has 0 unspecified atom stereocenters. The molecule has 2 aromatic carbocycles. The highest BCUT2D eigenvalue weighted by molar-refractivity contribution is 7.99. The van der Waals surface area contributed by atoms with Crippen molar-refractivity contribution in [3.05, 3.63) is 93.8 Å². The van der Waals surface area contributed by atoms with Gasteiger partial charge in [-0.3, -0.25) is 9.59 Å². The van der Waals surface area contributed by atoms with E-state index in [2.05, 4.69) is 38.9 Å². The number of nitrogens with zero attached hydrogens (tertiary/aromatic N) is 3. The van der Waals surface area contributed by atoms with Gasteiger partial charge in [-0.25, -0.2) is 0 Å². The van der Waals surface area contributed by atoms with Crippen molar-refractivity contribution in [3.63, 3.8) is 0 Å². The fraction of sp³-hybridized carbons (Fsp3) is 0.487. The third kappa shape index (κ3) is 7.82. The molecule has 1 aliphatic carbocycles. The lowest BCUT2D eigenvalue weighted by Crippen LogP contribution is -2.51. The zero-order valence-corrected chi connectivity index (χ0v) is 32.2. The van der Waals surface area contributed by atoms with Crippen LogP contribution in [-0.4, -0.2) is 59.3 Å². The second kappa shape index (κ2) is 16.0. The first kappa shape index (κ1) is 37.0. The Morgan fingerprint density at radius 2 is 2.04 bits per heavy atom. The molecule has 1 N–H and O–H groups in total. The lowest BCUT2D eigenvalue weighted by molar-refractivity contribution is 0.0133. The third-order valence-electron chi connectivity index (χ3n) is 11.1. The molecule has 5 atom stereocenters. The van der Waals surface area contributed by atoms with Gasteiger partial charge in [0.1, 0.15) is 11.7 Å². The number of fused-ring (bicyclic) bond motifs is 4. The zero-order chi connectivity index (χ0) is 36.4. The second-order valence-electron chi connectivity index (χ2n) is 14.3. The van der Waals surface area contributed by atoms with E-state index in [-0.39, 0.29) is 23.8 Å². The van der Waals surface area contributed by atoms with Crippen molar-refractivity contribution in [2.45, 2.75) is 70.2 Å². The van der Waals surface area contributed by atoms with Gasteiger partial charge in [-0.05, 0) is 91.0 Å². The number of carbonyl (C=O) groups excluding carboxylic acids is 2. The Morgan fingerprint density at radius 1 is 1.17 bits per heavy atom. The first-order valence-corrected chi connectivity index (χ1v) is 20.6. The number of amides is 2. The predicted molar refractivity (Wildman–Crippen MR) is 205 cm³/mol. The Kier molecular flexibility index (Phi) is 11.4. The maximum Gasteiger partial charge on any atom is 0.254 e. The van der Waals surface area contributed by atoms with E-state index < -0.39 is 21.4 Å². The lowest BCUT2D eigenvalue weighted by atomic mass is 9.70. The van der Waals surface area contributed by atoms with Crippen LogP contribution >= 0.6 is 23.4 Å². The number of anilines is 1. The molecule has 1 saturated carbocycles. The largest absolute Gasteiger partial charge is 0.481 e. The van der Waals surface area contributed by atoms with Crippen LogP contribution in [0.4, 0.5) is 5.69 Å². The highest BCUT2D eigenvalue weighted by Gasteiger charge is 2.38. The summed E-state index contributed by atoms with van der Waals surface area (Å²) in [5.74, 6) is 1.28. The Balaban J connectivity index is 1.29. The summed E-state index contributed by atoms with van der Waals surface area (Å²) in [6, 6.07) is 13.2. The molecule has 1 aromatic heterocycles. The smallest absolute Gasteiger partial charge is 0.254 e. The standard InChI is InChI=1S/C39H46ClN4O6S2/c1-25-5-4-6-35(48-3)33-11-8-29(33)21-44-20-28-7-10-31(40)17-26(28)13-16-51-24-50-36-12-9-27(19-34(36)44)38(46)42-52(47)39(25,2)41-37(45)30-18-32-23-49-15-14-43(32)22-30/h4,6-7,9-10,12,17-19,22,25,29,33,35H,5,8,11,13-16,20-21,23-24H2,1-3H3,(H,41,45)/q-1/b6-4+/t25-,29-,33+,35-,39+/m0/s1. The topological polar surface area (TPSA) is 111 Å². The van der Waals surface area contributed by atoms with Gasteiger partial charge in [-0.2, -0.15) is 10.6 Å². The minimum Gasteiger partial charge on any atom is -0.481 e. The van der Waals surface area contributed by atoms with Crippen molar-refractivity contribution >= 4 is 51.5 Å². The van der Waals surface area contributed by atoms with Gasteiger partial charge in [0.25, 0.3) is 11.8 Å². The van der Waals surface area contributed by atoms with Gasteiger partial charge in [0.2, 0.25) is 0 Å². The number of carbonyl (C=O) groups is 2. The van der Waals surface area contributed by atoms with Crippen molar-refractivity contribution in [2.75, 3.05) is 36.9 Å². The van der Waals surface area contributed by atoms with Crippen LogP contribution in [0.15, 0.2) is 65.2 Å². The summed E-state index contributed by atoms with van der Waals surface area (Å²) >= 11 is 8.17. The van der Waals surface area contributed by atoms with Crippen LogP contribution in [0.2, 0.25) is 5.02 Å². The van der Waals surface area contributed by atoms with Crippen LogP contribution in [0.3, 0.4) is 0 Å². The predicted octanol–water partition coefficient (Wildman–Crippen LogP) is 7.37. The van der Waals surface area contributed by atoms with Gasteiger partial charge in [0.15, 0.2) is 0 Å². The van der Waals surface area contributed by atoms with Gasteiger partial charge in [-0.1, -0.05) is 43.7 Å². The van der Waals surface area contributed by atoms with E-state index in [1.54, 1.807) is 44.1 Å². The molecule has 10 nitrogen and oxygen atoms in total. The number of methoxy groups -OCH3 is 1. The summed E-state index contributed by atoms with van der Waals surface area (Å²) in [4.78, 5) is 28.7. The molecule has 7 rings (SSSR count). The molecule has 4 aliphatic rings. The van der Waals surface area contributed by atoms with E-state index in [4.69, 9.17) is 25.8 Å². The number of hydrogen-bond acceptors (Lipinski definition) is 9. The van der Waals surface area contributed by atoms with Gasteiger partial charge >= 0.3 is 0 Å². The molecule has 13 heteroatoms. The zero-order valence-electron chi connectivity index (χ0n) is 29.8. The van der Waals surface area contributed by atoms with E-state index >= 15 is 0 Å². The number of thioether (sulfide) groups is 1. The average Bonchev–Trinajstić information content (AvgIpc) is 3.56. The summed E-state index contributed by atoms with van der Waals surface area (Å²) in [6.45, 7) is 6.63. The number of aryl methyl sites for hydroxylation is 1. The number of ether oxygens (including phenoxy) is 3. The van der Waals surface area contributed by atoms with Crippen LogP contribution in [0.5, 0.6) is 5.75 Å². The maximum atomic E-state index is 14.3. The normalized spacial score (nSPS) is 27.7. The maximum absolute atomic E-state index is 14.3. The fourth-order valence-corrected chi connectivity index (χ4v) is 9.54. The van der Waals surface area contributed by atoms with Crippen LogP contribution < -0.4 is 15.0 Å². The summed E-state index contributed by atoms with van der Waals surface area (Å²) < 4.78 is 38.6. The third-order valence-corrected chi connectivity index (χ3v) is 13.7. The molecular formula is C39H46ClN4O6S2-. The Morgan fingerprint density at radius 3 is 2.83 bits per heavy atom. The molecule has 52 heavy (non-hydrogen) atoms. The number of nitrogens with one attached hydrogen (secondary N) is 1. The number of benzene rings is 2. The Labute approximate surface area is 316 Å². The molecule has 0 radical (unpaired) electrons. The van der Waals surface area contributed by atoms with Crippen molar-refractivity contribution in [1.29, 1.82) is 0 Å². The van der Waals surface area contributed by atoms with Crippen molar-refractivity contribution in [3.8, 4) is 5.75 Å². The van der Waals surface area contributed by atoms with E-state index in [0.29, 0.717) is 66.5 Å². The monoisotopic (exact) mass is 765 g/mol. The molecule has 278 valence electrons. The number of allylic oxidation sites excluding steroid dienone is 1. The van der Waals surface area contributed by atoms with E-state index in [1.807, 2.05) is 29.7 Å². The summed E-state index contributed by atoms with van der Waals surface area (Å²) in [5.41, 5.74) is 4.80. The highest BCUT2D eigenvalue weighted by Crippen LogP contribution is 2.42. The molecule has 4 heterocycles. The van der Waals surface area contributed by atoms with E-state index in [9.17, 15) is 13.8 Å². The van der Waals surface area contributed by atoms with Gasteiger partial charge in [-0.15, -0.1) is 11.8 Å². The quantitative estimate of drug-likeness (QED) is 0.217. The average molecular weight is 766 g/mol. The first-order valence-electron chi connectivity index (χ1n) is 18.0. The minimum absolute atomic E-state index is 0.111. The minimum atomic E-state index is -2.14. The molecule has 1 fully saturated rings. The van der Waals surface area contributed by atoms with Crippen LogP contribution in [0.1, 0.15) is 70.6 Å². The molecule has 0 saturated heterocycles.